The fourth-order valence-corrected chi connectivity index (χ4v) is 6.26. The number of hydroxylamine groups is 1. The molecule has 0 radical (unpaired) electrons. The summed E-state index contributed by atoms with van der Waals surface area (Å²) in [5.41, 5.74) is 0.584. The number of rotatable bonds is 13. The number of nitrogens with one attached hydrogen (secondary N) is 5. The molecule has 0 aliphatic heterocycles. The molecular formula is C35H43F4N5O5. The zero-order valence-electron chi connectivity index (χ0n) is 28.1. The summed E-state index contributed by atoms with van der Waals surface area (Å²) < 4.78 is 56.1. The van der Waals surface area contributed by atoms with E-state index in [9.17, 15) is 36.7 Å². The number of fused-ring (bicyclic) bond motifs is 3. The molecular weight excluding hydrogens is 646 g/mol. The molecule has 1 aromatic heterocycles. The molecule has 2 unspecified atom stereocenters. The number of halogens is 4. The van der Waals surface area contributed by atoms with Crippen molar-refractivity contribution in [1.82, 2.24) is 26.4 Å². The van der Waals surface area contributed by atoms with Gasteiger partial charge >= 0.3 is 6.18 Å². The number of carbonyl (C=O) groups excluding carboxylic acids is 4. The molecule has 5 atom stereocenters. The quantitative estimate of drug-likeness (QED) is 0.131. The van der Waals surface area contributed by atoms with Crippen LogP contribution in [-0.2, 0) is 49.5 Å². The van der Waals surface area contributed by atoms with Crippen molar-refractivity contribution in [2.75, 3.05) is 7.11 Å². The summed E-state index contributed by atoms with van der Waals surface area (Å²) in [5, 5.41) is 8.59. The maximum Gasteiger partial charge on any atom is 0.418 e. The van der Waals surface area contributed by atoms with Gasteiger partial charge in [0.15, 0.2) is 0 Å². The Balaban J connectivity index is 1.74. The fraction of sp³-hybridized carbons (Fsp3) is 0.486. The second kappa shape index (κ2) is 15.4. The van der Waals surface area contributed by atoms with Crippen LogP contribution in [0, 0.1) is 17.7 Å². The average molecular weight is 690 g/mol. The molecule has 3 aromatic rings. The summed E-state index contributed by atoms with van der Waals surface area (Å²) in [7, 11) is 1.25. The average Bonchev–Trinajstić information content (AvgIpc) is 3.43. The number of para-hydroxylation sites is 1. The van der Waals surface area contributed by atoms with Crippen molar-refractivity contribution < 1.29 is 41.6 Å². The van der Waals surface area contributed by atoms with Gasteiger partial charge in [0.25, 0.3) is 5.91 Å². The summed E-state index contributed by atoms with van der Waals surface area (Å²) in [6.07, 6.45) is -4.14. The van der Waals surface area contributed by atoms with E-state index in [4.69, 9.17) is 4.84 Å². The molecule has 0 saturated carbocycles. The third-order valence-electron chi connectivity index (χ3n) is 9.52. The van der Waals surface area contributed by atoms with Crippen LogP contribution in [0.4, 0.5) is 17.6 Å². The van der Waals surface area contributed by atoms with Crippen molar-refractivity contribution in [3.63, 3.8) is 0 Å². The van der Waals surface area contributed by atoms with Crippen molar-refractivity contribution in [3.8, 4) is 0 Å². The molecule has 0 fully saturated rings. The topological polar surface area (TPSA) is 141 Å². The van der Waals surface area contributed by atoms with Crippen LogP contribution in [0.5, 0.6) is 0 Å². The molecule has 0 bridgehead atoms. The first-order valence-corrected chi connectivity index (χ1v) is 16.3. The van der Waals surface area contributed by atoms with Crippen molar-refractivity contribution in [3.05, 3.63) is 70.7 Å². The van der Waals surface area contributed by atoms with Crippen LogP contribution < -0.4 is 21.4 Å². The van der Waals surface area contributed by atoms with E-state index in [1.54, 1.807) is 19.9 Å². The lowest BCUT2D eigenvalue weighted by molar-refractivity contribution is -0.141. The van der Waals surface area contributed by atoms with Crippen molar-refractivity contribution >= 4 is 34.5 Å². The van der Waals surface area contributed by atoms with Gasteiger partial charge in [0.2, 0.25) is 17.7 Å². The van der Waals surface area contributed by atoms with Crippen LogP contribution in [0.2, 0.25) is 0 Å². The summed E-state index contributed by atoms with van der Waals surface area (Å²) >= 11 is 0. The van der Waals surface area contributed by atoms with Gasteiger partial charge in [-0.3, -0.25) is 24.0 Å². The van der Waals surface area contributed by atoms with E-state index >= 15 is 0 Å². The molecule has 266 valence electrons. The minimum Gasteiger partial charge on any atom is -0.358 e. The molecule has 4 amide bonds. The maximum atomic E-state index is 14.4. The van der Waals surface area contributed by atoms with Gasteiger partial charge in [-0.15, -0.1) is 0 Å². The van der Waals surface area contributed by atoms with Gasteiger partial charge in [-0.2, -0.15) is 13.2 Å². The van der Waals surface area contributed by atoms with Crippen LogP contribution >= 0.6 is 0 Å². The van der Waals surface area contributed by atoms with Gasteiger partial charge in [0.1, 0.15) is 23.4 Å². The lowest BCUT2D eigenvalue weighted by Gasteiger charge is -2.39. The van der Waals surface area contributed by atoms with E-state index in [-0.39, 0.29) is 48.1 Å². The van der Waals surface area contributed by atoms with Gasteiger partial charge in [-0.05, 0) is 47.9 Å². The monoisotopic (exact) mass is 689 g/mol. The largest absolute Gasteiger partial charge is 0.418 e. The lowest BCUT2D eigenvalue weighted by Crippen LogP contribution is -2.67. The molecule has 14 heteroatoms. The third-order valence-corrected chi connectivity index (χ3v) is 9.52. The minimum atomic E-state index is -4.64. The molecule has 49 heavy (non-hydrogen) atoms. The Morgan fingerprint density at radius 2 is 1.59 bits per heavy atom. The highest BCUT2D eigenvalue weighted by molar-refractivity contribution is 5.98. The SMILES string of the molecule is CCC(C)[C@H](NC(=O)Cc1ccccc1F)C(=O)N[C@]1(C(=O)NC(C(=O)NOC)[C@@H](C)CC)CCc2[nH]c3c(C(F)(F)F)cccc3c2C1. The van der Waals surface area contributed by atoms with E-state index in [0.717, 1.165) is 6.07 Å². The Hall–Kier alpha value is -4.46. The summed E-state index contributed by atoms with van der Waals surface area (Å²) in [6, 6.07) is 7.34. The molecule has 10 nitrogen and oxygen atoms in total. The number of aryl methyl sites for hydroxylation is 1. The zero-order chi connectivity index (χ0) is 36.1. The first-order chi connectivity index (χ1) is 23.1. The number of H-pyrrole nitrogens is 1. The Labute approximate surface area is 282 Å². The molecule has 0 spiro atoms. The van der Waals surface area contributed by atoms with E-state index in [1.165, 1.54) is 37.4 Å². The van der Waals surface area contributed by atoms with Crippen LogP contribution in [0.1, 0.15) is 69.3 Å². The Kier molecular flexibility index (Phi) is 11.7. The Morgan fingerprint density at radius 3 is 2.20 bits per heavy atom. The fourth-order valence-electron chi connectivity index (χ4n) is 6.26. The smallest absolute Gasteiger partial charge is 0.358 e. The second-order valence-corrected chi connectivity index (χ2v) is 12.8. The van der Waals surface area contributed by atoms with Gasteiger partial charge < -0.3 is 20.9 Å². The number of carbonyl (C=O) groups is 4. The van der Waals surface area contributed by atoms with Gasteiger partial charge in [0.05, 0.1) is 24.6 Å². The van der Waals surface area contributed by atoms with Crippen LogP contribution in [-0.4, -0.2) is 53.3 Å². The molecule has 1 aliphatic carbocycles. The second-order valence-electron chi connectivity index (χ2n) is 12.8. The van der Waals surface area contributed by atoms with Crippen molar-refractivity contribution in [1.29, 1.82) is 0 Å². The number of aromatic amines is 1. The van der Waals surface area contributed by atoms with Crippen LogP contribution in [0.15, 0.2) is 42.5 Å². The molecule has 0 saturated heterocycles. The number of alkyl halides is 3. The molecule has 4 rings (SSSR count). The third kappa shape index (κ3) is 8.23. The number of hydrogen-bond acceptors (Lipinski definition) is 5. The minimum absolute atomic E-state index is 0.0265. The van der Waals surface area contributed by atoms with Crippen molar-refractivity contribution in [2.45, 2.75) is 90.0 Å². The van der Waals surface area contributed by atoms with E-state index in [0.29, 0.717) is 24.1 Å². The number of amides is 4. The van der Waals surface area contributed by atoms with E-state index in [1.807, 2.05) is 13.8 Å². The molecule has 1 aliphatic rings. The Morgan fingerprint density at radius 1 is 0.939 bits per heavy atom. The zero-order valence-corrected chi connectivity index (χ0v) is 28.1. The van der Waals surface area contributed by atoms with Gasteiger partial charge in [-0.1, -0.05) is 70.9 Å². The molecule has 1 heterocycles. The summed E-state index contributed by atoms with van der Waals surface area (Å²) in [4.78, 5) is 62.3. The standard InChI is InChI=1S/C35H43F4N5O5/c1-6-19(3)28(41-27(45)17-21-11-8-9-14-25(21)36)31(46)43-34(33(48)42-29(20(4)7-2)32(47)44-49-5)16-15-26-23(18-34)22-12-10-13-24(30(22)40-26)35(37,38)39/h8-14,19-20,28-29,40H,6-7,15-18H2,1-5H3,(H,41,45)(H,42,48)(H,43,46)(H,44,47)/t19?,20-,28-,29?,34+/m0/s1. The van der Waals surface area contributed by atoms with E-state index < -0.39 is 64.7 Å². The predicted molar refractivity (Wildman–Crippen MR) is 174 cm³/mol. The summed E-state index contributed by atoms with van der Waals surface area (Å²) in [5.74, 6) is -4.01. The number of hydrogen-bond donors (Lipinski definition) is 5. The Bertz CT molecular complexity index is 1690. The molecule has 5 N–H and O–H groups in total. The van der Waals surface area contributed by atoms with E-state index in [2.05, 4.69) is 26.4 Å². The highest BCUT2D eigenvalue weighted by Gasteiger charge is 2.47. The van der Waals surface area contributed by atoms with Gasteiger partial charge in [0, 0.05) is 17.5 Å². The van der Waals surface area contributed by atoms with Gasteiger partial charge in [-0.25, -0.2) is 9.87 Å². The number of aromatic nitrogens is 1. The molecule has 2 aromatic carbocycles. The first kappa shape index (κ1) is 37.4. The first-order valence-electron chi connectivity index (χ1n) is 16.3. The predicted octanol–water partition coefficient (Wildman–Crippen LogP) is 4.65. The van der Waals surface area contributed by atoms with Crippen LogP contribution in [0.3, 0.4) is 0 Å². The summed E-state index contributed by atoms with van der Waals surface area (Å²) in [6.45, 7) is 7.15. The van der Waals surface area contributed by atoms with Crippen molar-refractivity contribution in [2.24, 2.45) is 11.8 Å². The highest BCUT2D eigenvalue weighted by Crippen LogP contribution is 2.40. The van der Waals surface area contributed by atoms with Crippen LogP contribution in [0.25, 0.3) is 10.9 Å². The lowest BCUT2D eigenvalue weighted by atomic mass is 9.78. The number of benzene rings is 2. The highest BCUT2D eigenvalue weighted by atomic mass is 19.4. The maximum absolute atomic E-state index is 14.4. The normalized spacial score (nSPS) is 18.5.